The molecule has 2 aromatic heterocycles. The van der Waals surface area contributed by atoms with Crippen LogP contribution in [0.15, 0.2) is 48.0 Å². The molecule has 4 heterocycles. The summed E-state index contributed by atoms with van der Waals surface area (Å²) < 4.78 is 15.3. The third-order valence-electron chi connectivity index (χ3n) is 18.2. The van der Waals surface area contributed by atoms with Crippen LogP contribution in [0.5, 0.6) is 0 Å². The van der Waals surface area contributed by atoms with Crippen LogP contribution in [0.2, 0.25) is 0 Å². The number of fused-ring (bicyclic) bond motifs is 2. The van der Waals surface area contributed by atoms with Gasteiger partial charge in [-0.1, -0.05) is 59.7 Å². The average Bonchev–Trinajstić information content (AvgIpc) is 1.68. The minimum Gasteiger partial charge on any atom is -0.370 e. The number of carbonyl (C=O) groups is 15. The van der Waals surface area contributed by atoms with Crippen molar-refractivity contribution < 1.29 is 81.4 Å². The summed E-state index contributed by atoms with van der Waals surface area (Å²) in [6.07, 6.45) is 3.47. The molecular weight excluding hydrogens is 1550 g/mol. The molecule has 0 radical (unpaired) electrons. The first-order valence-electron chi connectivity index (χ1n) is 37.1. The van der Waals surface area contributed by atoms with Crippen LogP contribution < -0.4 is 92.5 Å². The number of thioether (sulfide) groups is 3. The zero-order valence-electron chi connectivity index (χ0n) is 64.7. The predicted molar refractivity (Wildman–Crippen MR) is 427 cm³/mol. The maximum absolute atomic E-state index is 14.8. The normalized spacial score (nSPS) is 17.2. The third kappa shape index (κ3) is 32.6. The fraction of sp³-hybridized carbons (Fsp3) is 0.614. The van der Waals surface area contributed by atoms with E-state index in [2.05, 4.69) is 83.7 Å². The molecule has 2 aliphatic heterocycles. The van der Waals surface area contributed by atoms with Crippen LogP contribution in [0.1, 0.15) is 124 Å². The molecule has 626 valence electrons. The standard InChI is InChI=1S/C70H111N22O17PS3/c1-36(2)22-48(66(104)85-46(14-11-20-77-70(74)75)64(102)84-43(39(7)93)15-17-55(71)94)83-58(97)29-79-62(100)52(26-57(73)96)89-65(103)47(16-18-56(72)95)86-68(106)50(24-40-27-78-44-13-10-9-12-42(40)44)90-69(107)60(38(5)6)91-59(98)30-80-61(99)51(25-41-28-76-33-81-41)88-67(105)49(23-37(3)4)87-63(101)45(19-21-111-8)82-34-110(108,109)92-31-53-54(32-92)113-35-112-53/h9-10,12-13,27-28,33,36-38,43,45-54,60,78,82H,11,14-26,29-32,34-35H2,1-8H3,(H2,71,94)(H2,72,95)(H2,73,96)(H,76,81)(H,79,100)(H,80,99)(H,83,97)(H,84,102)(H,85,104)(H,86,106)(H,87,101)(H,88,105)(H,89,103)(H,90,107)(H,91,98)(H,108,109)(H4,74,75,77)/t43-,45-,46-,47-,48-,49-,50-,51-,52-,53+,54?,60-/m0/s1. The lowest BCUT2D eigenvalue weighted by atomic mass is 10.00. The Morgan fingerprint density at radius 2 is 1.09 bits per heavy atom. The van der Waals surface area contributed by atoms with E-state index in [1.807, 2.05) is 20.1 Å². The number of amides is 14. The molecule has 0 bridgehead atoms. The van der Waals surface area contributed by atoms with Gasteiger partial charge in [0.05, 0.1) is 44.2 Å². The van der Waals surface area contributed by atoms with Crippen molar-refractivity contribution >= 4 is 148 Å². The fourth-order valence-electron chi connectivity index (χ4n) is 12.2. The zero-order valence-corrected chi connectivity index (χ0v) is 68.1. The van der Waals surface area contributed by atoms with E-state index >= 15 is 0 Å². The summed E-state index contributed by atoms with van der Waals surface area (Å²) in [5.41, 5.74) is 28.8. The Hall–Kier alpha value is -9.35. The zero-order chi connectivity index (χ0) is 83.8. The number of hydrogen-bond acceptors (Lipinski definition) is 22. The Kier molecular flexibility index (Phi) is 39.0. The Labute approximate surface area is 667 Å². The van der Waals surface area contributed by atoms with E-state index in [4.69, 9.17) is 28.7 Å². The topological polar surface area (TPSA) is 628 Å². The SMILES string of the molecule is CSCC[C@H](NCP(=O)(O)N1CC2SCS[C@@H]2C1)C(=O)N[C@@H](CC(C)C)C(=O)N[C@@H](Cc1cnc[nH]1)C(=O)NCC(=O)N[C@H](C(=O)N[C@@H](Cc1c[nH]c2ccccc12)C(=O)N[C@@H](CCC(N)=O)C(=O)N[C@@H](CC(N)=O)C(=O)NCC(=O)N[C@@H](CC(C)C)C(=O)N[C@@H](CCCN=C(N)N)C(=O)N[C@@H](CCC(N)=O)C(C)=O)C(C)C. The number of hydrogen-bond donors (Lipinski definition) is 20. The Morgan fingerprint density at radius 3 is 1.64 bits per heavy atom. The van der Waals surface area contributed by atoms with Gasteiger partial charge in [0.25, 0.3) is 7.52 Å². The van der Waals surface area contributed by atoms with E-state index in [0.717, 1.165) is 5.08 Å². The lowest BCUT2D eigenvalue weighted by molar-refractivity contribution is -0.136. The second-order valence-corrected chi connectivity index (χ2v) is 34.9. The van der Waals surface area contributed by atoms with Crippen LogP contribution in [-0.2, 0) is 89.3 Å². The van der Waals surface area contributed by atoms with Crippen LogP contribution in [0, 0.1) is 17.8 Å². The van der Waals surface area contributed by atoms with Gasteiger partial charge in [0, 0.05) is 89.9 Å². The van der Waals surface area contributed by atoms with Crippen molar-refractivity contribution in [2.45, 2.75) is 196 Å². The van der Waals surface area contributed by atoms with Gasteiger partial charge in [0.2, 0.25) is 82.7 Å². The van der Waals surface area contributed by atoms with Crippen LogP contribution >= 0.6 is 42.8 Å². The molecule has 0 spiro atoms. The van der Waals surface area contributed by atoms with Crippen molar-refractivity contribution in [3.05, 3.63) is 54.2 Å². The molecule has 113 heavy (non-hydrogen) atoms. The lowest BCUT2D eigenvalue weighted by Gasteiger charge is -2.28. The van der Waals surface area contributed by atoms with Crippen LogP contribution in [0.3, 0.4) is 0 Å². The van der Waals surface area contributed by atoms with Gasteiger partial charge in [-0.2, -0.15) is 11.8 Å². The summed E-state index contributed by atoms with van der Waals surface area (Å²) >= 11 is 4.97. The maximum Gasteiger partial charge on any atom is 0.283 e. The quantitative estimate of drug-likeness (QED) is 0.0112. The van der Waals surface area contributed by atoms with Crippen molar-refractivity contribution in [2.75, 3.05) is 56.1 Å². The molecule has 39 nitrogen and oxygen atoms in total. The van der Waals surface area contributed by atoms with Crippen LogP contribution in [-0.4, -0.2) is 246 Å². The van der Waals surface area contributed by atoms with E-state index in [1.54, 1.807) is 86.4 Å². The second kappa shape index (κ2) is 46.7. The number of carbonyl (C=O) groups excluding carboxylic acids is 15. The third-order valence-corrected chi connectivity index (χ3v) is 23.8. The van der Waals surface area contributed by atoms with Crippen molar-refractivity contribution in [1.82, 2.24) is 83.4 Å². The lowest BCUT2D eigenvalue weighted by Crippen LogP contribution is -2.60. The highest BCUT2D eigenvalue weighted by Crippen LogP contribution is 2.52. The Morgan fingerprint density at radius 1 is 0.593 bits per heavy atom. The van der Waals surface area contributed by atoms with E-state index in [9.17, 15) is 81.4 Å². The number of guanidine groups is 1. The Bertz CT molecular complexity index is 3870. The number of primary amides is 3. The van der Waals surface area contributed by atoms with Crippen molar-refractivity contribution in [1.29, 1.82) is 0 Å². The highest BCUT2D eigenvalue weighted by molar-refractivity contribution is 8.20. The number of ketones is 1. The van der Waals surface area contributed by atoms with Gasteiger partial charge in [0.15, 0.2) is 11.7 Å². The number of H-pyrrole nitrogens is 2. The van der Waals surface area contributed by atoms with Gasteiger partial charge in [-0.25, -0.2) is 9.65 Å². The number of rotatable bonds is 51. The molecular formula is C70H111N22O17PS3. The second-order valence-electron chi connectivity index (χ2n) is 28.9. The number of imidazole rings is 1. The highest BCUT2D eigenvalue weighted by Gasteiger charge is 2.45. The summed E-state index contributed by atoms with van der Waals surface area (Å²) in [7, 11) is -3.91. The van der Waals surface area contributed by atoms with Crippen LogP contribution in [0.4, 0.5) is 0 Å². The number of aliphatic imine (C=N–C) groups is 1. The first-order valence-corrected chi connectivity index (χ1v) is 42.4. The molecule has 14 amide bonds. The van der Waals surface area contributed by atoms with Gasteiger partial charge < -0.3 is 102 Å². The summed E-state index contributed by atoms with van der Waals surface area (Å²) in [5, 5.41) is 33.1. The molecule has 2 unspecified atom stereocenters. The minimum absolute atomic E-state index is 0.0176. The van der Waals surface area contributed by atoms with Crippen molar-refractivity contribution in [3.8, 4) is 0 Å². The highest BCUT2D eigenvalue weighted by atomic mass is 32.2. The van der Waals surface area contributed by atoms with Crippen molar-refractivity contribution in [2.24, 2.45) is 51.4 Å². The number of nitrogens with zero attached hydrogens (tertiary/aromatic N) is 3. The number of benzene rings is 1. The fourth-order valence-corrected chi connectivity index (χ4v) is 17.8. The number of para-hydroxylation sites is 1. The summed E-state index contributed by atoms with van der Waals surface area (Å²) in [4.78, 5) is 230. The molecule has 25 N–H and O–H groups in total. The van der Waals surface area contributed by atoms with Crippen LogP contribution in [0.25, 0.3) is 10.9 Å². The summed E-state index contributed by atoms with van der Waals surface area (Å²) in [6.45, 7) is 10.7. The van der Waals surface area contributed by atoms with E-state index in [1.165, 1.54) is 31.2 Å². The van der Waals surface area contributed by atoms with Gasteiger partial charge in [0.1, 0.15) is 48.3 Å². The molecule has 0 aliphatic carbocycles. The van der Waals surface area contributed by atoms with Gasteiger partial charge in [-0.15, -0.1) is 23.5 Å². The molecule has 2 saturated heterocycles. The van der Waals surface area contributed by atoms with E-state index in [-0.39, 0.29) is 98.9 Å². The number of nitrogens with one attached hydrogen (secondary N) is 14. The van der Waals surface area contributed by atoms with E-state index < -0.39 is 195 Å². The Balaban J connectivity index is 1.30. The first kappa shape index (κ1) is 94.2. The molecule has 1 aromatic carbocycles. The molecule has 43 heteroatoms. The molecule has 2 fully saturated rings. The number of aromatic nitrogens is 3. The molecule has 5 rings (SSSR count). The molecule has 2 aliphatic rings. The monoisotopic (exact) mass is 1660 g/mol. The summed E-state index contributed by atoms with van der Waals surface area (Å²) in [5.74, 6) is -14.3. The van der Waals surface area contributed by atoms with Gasteiger partial charge >= 0.3 is 0 Å². The largest absolute Gasteiger partial charge is 0.370 e. The predicted octanol–water partition coefficient (Wildman–Crippen LogP) is -3.59. The number of nitrogens with two attached hydrogens (primary N) is 5. The minimum atomic E-state index is -3.91. The maximum atomic E-state index is 14.8. The average molecular weight is 1660 g/mol. The van der Waals surface area contributed by atoms with E-state index in [0.29, 0.717) is 41.0 Å². The molecule has 3 aromatic rings. The van der Waals surface area contributed by atoms with Gasteiger partial charge in [-0.05, 0) is 93.3 Å². The van der Waals surface area contributed by atoms with Crippen molar-refractivity contribution in [3.63, 3.8) is 0 Å². The smallest absolute Gasteiger partial charge is 0.283 e. The molecule has 0 saturated carbocycles. The number of aromatic amines is 2. The molecule has 13 atom stereocenters. The number of Topliss-reactive ketones (excluding diaryl/α,β-unsaturated/α-hetero) is 1. The first-order chi connectivity index (χ1) is 53.3. The summed E-state index contributed by atoms with van der Waals surface area (Å²) in [6, 6.07) is -7.10. The van der Waals surface area contributed by atoms with Gasteiger partial charge in [-0.3, -0.25) is 86.8 Å².